The van der Waals surface area contributed by atoms with Gasteiger partial charge in [-0.05, 0) is 64.3 Å². The van der Waals surface area contributed by atoms with Gasteiger partial charge in [-0.15, -0.1) is 11.3 Å². The van der Waals surface area contributed by atoms with E-state index in [0.717, 1.165) is 42.4 Å². The number of para-hydroxylation sites is 1. The highest BCUT2D eigenvalue weighted by molar-refractivity contribution is 7.11. The minimum atomic E-state index is -1.26. The zero-order valence-corrected chi connectivity index (χ0v) is 18.2. The van der Waals surface area contributed by atoms with Gasteiger partial charge in [-0.25, -0.2) is 9.37 Å². The van der Waals surface area contributed by atoms with Crippen molar-refractivity contribution < 1.29 is 4.39 Å². The van der Waals surface area contributed by atoms with Gasteiger partial charge in [-0.3, -0.25) is 4.90 Å². The standard InChI is InChI=1S/C23H29FN4S/c1-14-8-18-17-6-4-5-7-19(17)27-20(18)21(28(14)13-23(2,3)24)22-26-12-16(29-22)9-15-10-25-11-15/h4-7,12,14-15,21,25,27H,8-11,13H2,1-3H3/t14-,21+/m1/s1. The maximum absolute atomic E-state index is 14.8. The van der Waals surface area contributed by atoms with Gasteiger partial charge < -0.3 is 10.3 Å². The Morgan fingerprint density at radius 1 is 1.28 bits per heavy atom. The number of alkyl halides is 1. The molecule has 0 amide bonds. The molecule has 0 unspecified atom stereocenters. The van der Waals surface area contributed by atoms with Crippen LogP contribution in [0.5, 0.6) is 0 Å². The Morgan fingerprint density at radius 2 is 2.07 bits per heavy atom. The molecule has 2 N–H and O–H groups in total. The number of fused-ring (bicyclic) bond motifs is 3. The third-order valence-corrected chi connectivity index (χ3v) is 7.31. The van der Waals surface area contributed by atoms with E-state index in [1.54, 1.807) is 25.2 Å². The van der Waals surface area contributed by atoms with E-state index in [0.29, 0.717) is 6.54 Å². The van der Waals surface area contributed by atoms with Crippen LogP contribution in [0.3, 0.4) is 0 Å². The highest BCUT2D eigenvalue weighted by Crippen LogP contribution is 2.42. The topological polar surface area (TPSA) is 44.0 Å². The van der Waals surface area contributed by atoms with Crippen LogP contribution in [0.15, 0.2) is 30.5 Å². The predicted octanol–water partition coefficient (Wildman–Crippen LogP) is 4.47. The van der Waals surface area contributed by atoms with Crippen LogP contribution in [0, 0.1) is 5.92 Å². The second-order valence-electron chi connectivity index (χ2n) is 9.30. The monoisotopic (exact) mass is 412 g/mol. The van der Waals surface area contributed by atoms with Gasteiger partial charge in [-0.2, -0.15) is 0 Å². The van der Waals surface area contributed by atoms with E-state index in [-0.39, 0.29) is 12.1 Å². The number of nitrogens with zero attached hydrogens (tertiary/aromatic N) is 2. The second-order valence-corrected chi connectivity index (χ2v) is 10.4. The average molecular weight is 413 g/mol. The van der Waals surface area contributed by atoms with Crippen LogP contribution in [0.25, 0.3) is 10.9 Å². The fourth-order valence-corrected chi connectivity index (χ4v) is 5.94. The number of halogens is 1. The molecule has 1 aromatic carbocycles. The Labute approximate surface area is 175 Å². The van der Waals surface area contributed by atoms with Crippen molar-refractivity contribution in [2.75, 3.05) is 19.6 Å². The first-order valence-electron chi connectivity index (χ1n) is 10.6. The number of thiazole rings is 1. The summed E-state index contributed by atoms with van der Waals surface area (Å²) in [6.45, 7) is 8.17. The summed E-state index contributed by atoms with van der Waals surface area (Å²) >= 11 is 1.80. The van der Waals surface area contributed by atoms with Gasteiger partial charge in [0, 0.05) is 40.3 Å². The minimum Gasteiger partial charge on any atom is -0.356 e. The lowest BCUT2D eigenvalue weighted by Crippen LogP contribution is -2.47. The van der Waals surface area contributed by atoms with Crippen LogP contribution in [0.2, 0.25) is 0 Å². The smallest absolute Gasteiger partial charge is 0.118 e. The van der Waals surface area contributed by atoms with E-state index in [1.165, 1.54) is 21.5 Å². The molecule has 3 aromatic rings. The van der Waals surface area contributed by atoms with Gasteiger partial charge in [0.1, 0.15) is 16.7 Å². The molecule has 29 heavy (non-hydrogen) atoms. The van der Waals surface area contributed by atoms with E-state index in [4.69, 9.17) is 4.98 Å². The Hall–Kier alpha value is -1.76. The van der Waals surface area contributed by atoms with Gasteiger partial charge in [0.15, 0.2) is 0 Å². The second kappa shape index (κ2) is 7.18. The lowest BCUT2D eigenvalue weighted by molar-refractivity contribution is 0.0667. The van der Waals surface area contributed by atoms with E-state index in [9.17, 15) is 4.39 Å². The van der Waals surface area contributed by atoms with Gasteiger partial charge in [0.05, 0.1) is 0 Å². The first-order valence-corrected chi connectivity index (χ1v) is 11.4. The van der Waals surface area contributed by atoms with Crippen molar-refractivity contribution in [2.45, 2.75) is 51.4 Å². The molecule has 4 nitrogen and oxygen atoms in total. The lowest BCUT2D eigenvalue weighted by atomic mass is 9.91. The summed E-state index contributed by atoms with van der Waals surface area (Å²) in [7, 11) is 0. The first kappa shape index (κ1) is 19.2. The molecule has 2 atom stereocenters. The summed E-state index contributed by atoms with van der Waals surface area (Å²) in [5, 5.41) is 5.71. The van der Waals surface area contributed by atoms with Gasteiger partial charge >= 0.3 is 0 Å². The van der Waals surface area contributed by atoms with Crippen molar-refractivity contribution in [2.24, 2.45) is 5.92 Å². The summed E-state index contributed by atoms with van der Waals surface area (Å²) in [5.74, 6) is 0.720. The molecule has 2 aromatic heterocycles. The quantitative estimate of drug-likeness (QED) is 0.650. The van der Waals surface area contributed by atoms with Crippen LogP contribution in [-0.4, -0.2) is 46.2 Å². The summed E-state index contributed by atoms with van der Waals surface area (Å²) in [6.07, 6.45) is 4.05. The summed E-state index contributed by atoms with van der Waals surface area (Å²) < 4.78 is 14.8. The molecule has 2 aliphatic heterocycles. The molecule has 1 saturated heterocycles. The molecule has 1 fully saturated rings. The maximum atomic E-state index is 14.8. The number of H-pyrrole nitrogens is 1. The number of aromatic nitrogens is 2. The minimum absolute atomic E-state index is 0.0190. The summed E-state index contributed by atoms with van der Waals surface area (Å²) in [4.78, 5) is 12.2. The number of benzene rings is 1. The largest absolute Gasteiger partial charge is 0.356 e. The molecule has 154 valence electrons. The van der Waals surface area contributed by atoms with Crippen LogP contribution in [-0.2, 0) is 12.8 Å². The van der Waals surface area contributed by atoms with E-state index in [1.807, 2.05) is 6.20 Å². The molecule has 5 rings (SSSR count). The van der Waals surface area contributed by atoms with E-state index < -0.39 is 5.67 Å². The van der Waals surface area contributed by atoms with Crippen molar-refractivity contribution in [3.63, 3.8) is 0 Å². The molecular weight excluding hydrogens is 383 g/mol. The molecule has 2 aliphatic rings. The molecule has 0 aliphatic carbocycles. The first-order chi connectivity index (χ1) is 13.9. The van der Waals surface area contributed by atoms with Gasteiger partial charge in [0.2, 0.25) is 0 Å². The normalized spacial score (nSPS) is 23.3. The Morgan fingerprint density at radius 3 is 2.79 bits per heavy atom. The van der Waals surface area contributed by atoms with Crippen molar-refractivity contribution in [1.82, 2.24) is 20.2 Å². The maximum Gasteiger partial charge on any atom is 0.118 e. The van der Waals surface area contributed by atoms with Crippen LogP contribution < -0.4 is 5.32 Å². The number of hydrogen-bond acceptors (Lipinski definition) is 4. The van der Waals surface area contributed by atoms with E-state index in [2.05, 4.69) is 46.4 Å². The molecular formula is C23H29FN4S. The zero-order valence-electron chi connectivity index (χ0n) is 17.3. The summed E-state index contributed by atoms with van der Waals surface area (Å²) in [6, 6.07) is 8.73. The van der Waals surface area contributed by atoms with Crippen LogP contribution in [0.1, 0.15) is 48.0 Å². The zero-order chi connectivity index (χ0) is 20.2. The fourth-order valence-electron chi connectivity index (χ4n) is 4.77. The Bertz CT molecular complexity index is 1010. The SMILES string of the molecule is C[C@@H]1Cc2c([nH]c3ccccc23)[C@@H](c2ncc(CC3CNC3)s2)N1CC(C)(C)F. The third kappa shape index (κ3) is 3.62. The molecule has 6 heteroatoms. The highest BCUT2D eigenvalue weighted by atomic mass is 32.1. The van der Waals surface area contributed by atoms with Crippen molar-refractivity contribution in [3.8, 4) is 0 Å². The average Bonchev–Trinajstić information content (AvgIpc) is 3.22. The van der Waals surface area contributed by atoms with Crippen LogP contribution >= 0.6 is 11.3 Å². The number of nitrogens with one attached hydrogen (secondary N) is 2. The number of hydrogen-bond donors (Lipinski definition) is 2. The lowest BCUT2D eigenvalue weighted by Gasteiger charge is -2.41. The van der Waals surface area contributed by atoms with Crippen molar-refractivity contribution in [3.05, 3.63) is 51.6 Å². The molecule has 0 spiro atoms. The fraction of sp³-hybridized carbons (Fsp3) is 0.522. The van der Waals surface area contributed by atoms with Gasteiger partial charge in [0.25, 0.3) is 0 Å². The van der Waals surface area contributed by atoms with Crippen molar-refractivity contribution >= 4 is 22.2 Å². The summed E-state index contributed by atoms with van der Waals surface area (Å²) in [5.41, 5.74) is 2.47. The van der Waals surface area contributed by atoms with Gasteiger partial charge in [-0.1, -0.05) is 18.2 Å². The predicted molar refractivity (Wildman–Crippen MR) is 117 cm³/mol. The molecule has 0 bridgehead atoms. The highest BCUT2D eigenvalue weighted by Gasteiger charge is 2.39. The Balaban J connectivity index is 1.58. The van der Waals surface area contributed by atoms with E-state index >= 15 is 0 Å². The Kier molecular flexibility index (Phi) is 4.76. The molecule has 0 radical (unpaired) electrons. The molecule has 4 heterocycles. The van der Waals surface area contributed by atoms with Crippen LogP contribution in [0.4, 0.5) is 4.39 Å². The van der Waals surface area contributed by atoms with Crippen molar-refractivity contribution in [1.29, 1.82) is 0 Å². The molecule has 0 saturated carbocycles. The number of aromatic amines is 1. The number of rotatable bonds is 5. The third-order valence-electron chi connectivity index (χ3n) is 6.24.